The van der Waals surface area contributed by atoms with Gasteiger partial charge in [0.1, 0.15) is 0 Å². The molecule has 0 aromatic heterocycles. The molecule has 0 N–H and O–H groups in total. The van der Waals surface area contributed by atoms with Gasteiger partial charge >= 0.3 is 5.24 Å². The van der Waals surface area contributed by atoms with Gasteiger partial charge in [0.15, 0.2) is 0 Å². The Morgan fingerprint density at radius 1 is 1.60 bits per heavy atom. The molecular weight excluding hydrogens is 150 g/mol. The highest BCUT2D eigenvalue weighted by molar-refractivity contribution is 8.14. The van der Waals surface area contributed by atoms with Gasteiger partial charge in [-0.05, 0) is 6.92 Å². The van der Waals surface area contributed by atoms with Gasteiger partial charge < -0.3 is 0 Å². The molecule has 0 atom stereocenters. The fourth-order valence-electron chi connectivity index (χ4n) is 0.574. The zero-order valence-corrected chi connectivity index (χ0v) is 6.20. The van der Waals surface area contributed by atoms with Crippen molar-refractivity contribution >= 4 is 22.9 Å². The van der Waals surface area contributed by atoms with E-state index in [1.165, 1.54) is 0 Å². The zero-order chi connectivity index (χ0) is 7.56. The average molecular weight is 155 g/mol. The van der Waals surface area contributed by atoms with Gasteiger partial charge in [0.2, 0.25) is 0 Å². The molecule has 0 bridgehead atoms. The number of carbonyl (C=O) groups excluding carboxylic acids is 2. The maximum atomic E-state index is 10.8. The zero-order valence-electron chi connectivity index (χ0n) is 5.38. The van der Waals surface area contributed by atoms with Gasteiger partial charge in [-0.1, -0.05) is 17.7 Å². The summed E-state index contributed by atoms with van der Waals surface area (Å²) in [5.74, 6) is 2.50. The van der Waals surface area contributed by atoms with Crippen molar-refractivity contribution in [3.05, 3.63) is 0 Å². The molecule has 0 spiro atoms. The van der Waals surface area contributed by atoms with Crippen molar-refractivity contribution in [1.82, 2.24) is 4.90 Å². The van der Waals surface area contributed by atoms with E-state index in [0.717, 1.165) is 16.7 Å². The maximum Gasteiger partial charge on any atom is 0.300 e. The molecule has 4 heteroatoms. The smallest absolute Gasteiger partial charge is 0.272 e. The lowest BCUT2D eigenvalue weighted by Crippen LogP contribution is -2.22. The first-order chi connectivity index (χ1) is 4.75. The van der Waals surface area contributed by atoms with Gasteiger partial charge in [-0.3, -0.25) is 9.59 Å². The van der Waals surface area contributed by atoms with Crippen LogP contribution in [0.25, 0.3) is 0 Å². The Labute approximate surface area is 62.8 Å². The minimum absolute atomic E-state index is 0.218. The fraction of sp³-hybridized carbons (Fsp3) is 0.333. The van der Waals surface area contributed by atoms with Crippen LogP contribution in [-0.2, 0) is 4.79 Å². The SMILES string of the molecule is CC#CN1C(=O)CSC1=O. The Morgan fingerprint density at radius 2 is 2.30 bits per heavy atom. The van der Waals surface area contributed by atoms with Gasteiger partial charge in [0, 0.05) is 6.04 Å². The predicted octanol–water partition coefficient (Wildman–Crippen LogP) is 0.663. The lowest BCUT2D eigenvalue weighted by atomic mass is 10.6. The van der Waals surface area contributed by atoms with Crippen molar-refractivity contribution in [2.45, 2.75) is 6.92 Å². The molecule has 1 aliphatic heterocycles. The summed E-state index contributed by atoms with van der Waals surface area (Å²) < 4.78 is 0. The highest BCUT2D eigenvalue weighted by atomic mass is 32.2. The molecule has 52 valence electrons. The highest BCUT2D eigenvalue weighted by Crippen LogP contribution is 2.16. The Hall–Kier alpha value is -0.950. The molecule has 1 fully saturated rings. The fourth-order valence-corrected chi connectivity index (χ4v) is 1.23. The Bertz CT molecular complexity index is 222. The van der Waals surface area contributed by atoms with Gasteiger partial charge in [0.25, 0.3) is 5.91 Å². The number of carbonyl (C=O) groups is 2. The van der Waals surface area contributed by atoms with Crippen LogP contribution in [0.4, 0.5) is 4.79 Å². The monoisotopic (exact) mass is 155 g/mol. The van der Waals surface area contributed by atoms with Crippen molar-refractivity contribution in [3.8, 4) is 12.0 Å². The molecule has 0 aliphatic carbocycles. The van der Waals surface area contributed by atoms with Gasteiger partial charge in [-0.15, -0.1) is 0 Å². The van der Waals surface area contributed by atoms with Crippen LogP contribution in [-0.4, -0.2) is 21.8 Å². The molecule has 1 heterocycles. The molecule has 0 aromatic carbocycles. The Morgan fingerprint density at radius 3 is 2.70 bits per heavy atom. The summed E-state index contributed by atoms with van der Waals surface area (Å²) in [6.45, 7) is 1.59. The summed E-state index contributed by atoms with van der Waals surface area (Å²) in [6.07, 6.45) is 0. The molecule has 10 heavy (non-hydrogen) atoms. The van der Waals surface area contributed by atoms with Crippen LogP contribution in [0.1, 0.15) is 6.92 Å². The predicted molar refractivity (Wildman–Crippen MR) is 38.2 cm³/mol. The van der Waals surface area contributed by atoms with Crippen molar-refractivity contribution in [2.75, 3.05) is 5.75 Å². The molecule has 2 amide bonds. The minimum atomic E-state index is -0.264. The number of hydrogen-bond donors (Lipinski definition) is 0. The van der Waals surface area contributed by atoms with E-state index in [-0.39, 0.29) is 16.9 Å². The molecule has 1 saturated heterocycles. The van der Waals surface area contributed by atoms with E-state index in [1.54, 1.807) is 6.92 Å². The number of amides is 2. The van der Waals surface area contributed by atoms with Crippen molar-refractivity contribution in [1.29, 1.82) is 0 Å². The number of hydrogen-bond acceptors (Lipinski definition) is 3. The van der Waals surface area contributed by atoms with Gasteiger partial charge in [-0.25, -0.2) is 0 Å². The number of imide groups is 1. The van der Waals surface area contributed by atoms with Crippen molar-refractivity contribution < 1.29 is 9.59 Å². The third kappa shape index (κ3) is 1.14. The molecule has 3 nitrogen and oxygen atoms in total. The molecule has 0 aromatic rings. The first-order valence-electron chi connectivity index (χ1n) is 2.68. The molecule has 0 radical (unpaired) electrons. The largest absolute Gasteiger partial charge is 0.300 e. The quantitative estimate of drug-likeness (QED) is 0.482. The lowest BCUT2D eigenvalue weighted by molar-refractivity contribution is -0.122. The van der Waals surface area contributed by atoms with Crippen LogP contribution in [0.3, 0.4) is 0 Å². The highest BCUT2D eigenvalue weighted by Gasteiger charge is 2.28. The molecule has 0 unspecified atom stereocenters. The van der Waals surface area contributed by atoms with Gasteiger partial charge in [0.05, 0.1) is 5.75 Å². The topological polar surface area (TPSA) is 37.4 Å². The van der Waals surface area contributed by atoms with Crippen molar-refractivity contribution in [2.24, 2.45) is 0 Å². The molecule has 1 aliphatic rings. The summed E-state index contributed by atoms with van der Waals surface area (Å²) in [5, 5.41) is -0.264. The van der Waals surface area contributed by atoms with E-state index >= 15 is 0 Å². The maximum absolute atomic E-state index is 10.8. The van der Waals surface area contributed by atoms with Crippen molar-refractivity contribution in [3.63, 3.8) is 0 Å². The number of thioether (sulfide) groups is 1. The molecule has 1 rings (SSSR count). The van der Waals surface area contributed by atoms with Crippen LogP contribution >= 0.6 is 11.8 Å². The van der Waals surface area contributed by atoms with E-state index < -0.39 is 0 Å². The first-order valence-corrected chi connectivity index (χ1v) is 3.66. The third-order valence-electron chi connectivity index (χ3n) is 0.975. The second-order valence-corrected chi connectivity index (χ2v) is 2.57. The number of rotatable bonds is 0. The van der Waals surface area contributed by atoms with E-state index in [1.807, 2.05) is 0 Å². The van der Waals surface area contributed by atoms with E-state index in [2.05, 4.69) is 12.0 Å². The standard InChI is InChI=1S/C6H5NO2S/c1-2-3-7-5(8)4-10-6(7)9/h4H2,1H3. The average Bonchev–Trinajstić information content (AvgIpc) is 2.20. The summed E-state index contributed by atoms with van der Waals surface area (Å²) >= 11 is 0.988. The van der Waals surface area contributed by atoms with Gasteiger partial charge in [-0.2, -0.15) is 4.90 Å². The Kier molecular flexibility index (Phi) is 1.97. The summed E-state index contributed by atoms with van der Waals surface area (Å²) in [4.78, 5) is 22.4. The third-order valence-corrected chi connectivity index (χ3v) is 1.80. The van der Waals surface area contributed by atoms with E-state index in [0.29, 0.717) is 0 Å². The van der Waals surface area contributed by atoms with Crippen LogP contribution in [0.5, 0.6) is 0 Å². The second kappa shape index (κ2) is 2.76. The lowest BCUT2D eigenvalue weighted by Gasteiger charge is -1.98. The summed E-state index contributed by atoms with van der Waals surface area (Å²) in [5.41, 5.74) is 0. The van der Waals surface area contributed by atoms with Crippen LogP contribution in [0, 0.1) is 12.0 Å². The number of nitrogens with zero attached hydrogens (tertiary/aromatic N) is 1. The van der Waals surface area contributed by atoms with E-state index in [4.69, 9.17) is 0 Å². The molecular formula is C6H5NO2S. The van der Waals surface area contributed by atoms with Crippen LogP contribution in [0.2, 0.25) is 0 Å². The summed E-state index contributed by atoms with van der Waals surface area (Å²) in [6, 6.07) is 2.41. The Balaban J connectivity index is 2.79. The second-order valence-electron chi connectivity index (χ2n) is 1.65. The van der Waals surface area contributed by atoms with Crippen LogP contribution < -0.4 is 0 Å². The first kappa shape index (κ1) is 7.16. The normalized spacial score (nSPS) is 17.1. The van der Waals surface area contributed by atoms with E-state index in [9.17, 15) is 9.59 Å². The molecule has 0 saturated carbocycles. The summed E-state index contributed by atoms with van der Waals surface area (Å²) in [7, 11) is 0. The van der Waals surface area contributed by atoms with Crippen LogP contribution in [0.15, 0.2) is 0 Å². The minimum Gasteiger partial charge on any atom is -0.272 e.